The summed E-state index contributed by atoms with van der Waals surface area (Å²) in [6, 6.07) is 5.46. The van der Waals surface area contributed by atoms with Crippen LogP contribution >= 0.6 is 15.9 Å². The van der Waals surface area contributed by atoms with Crippen molar-refractivity contribution in [3.63, 3.8) is 0 Å². The quantitative estimate of drug-likeness (QED) is 0.646. The lowest BCUT2D eigenvalue weighted by molar-refractivity contribution is 0.0939. The average Bonchev–Trinajstić information content (AvgIpc) is 2.68. The van der Waals surface area contributed by atoms with Crippen molar-refractivity contribution in [2.75, 3.05) is 5.73 Å². The van der Waals surface area contributed by atoms with Crippen molar-refractivity contribution in [3.05, 3.63) is 40.4 Å². The molecule has 1 aromatic rings. The van der Waals surface area contributed by atoms with E-state index in [9.17, 15) is 4.79 Å². The monoisotopic (exact) mass is 280 g/mol. The highest BCUT2D eigenvalue weighted by atomic mass is 79.9. The SMILES string of the molecule is Nc1cc(Br)cc(C(=O)NC2CC=CC2)c1. The first-order valence-corrected chi connectivity index (χ1v) is 5.96. The molecule has 1 aromatic carbocycles. The van der Waals surface area contributed by atoms with Gasteiger partial charge in [0.05, 0.1) is 0 Å². The summed E-state index contributed by atoms with van der Waals surface area (Å²) < 4.78 is 0.821. The molecular formula is C12H13BrN2O. The van der Waals surface area contributed by atoms with Gasteiger partial charge in [-0.15, -0.1) is 0 Å². The Morgan fingerprint density at radius 3 is 2.62 bits per heavy atom. The standard InChI is InChI=1S/C12H13BrN2O/c13-9-5-8(6-10(14)7-9)12(16)15-11-3-1-2-4-11/h1-2,5-7,11H,3-4,14H2,(H,15,16). The Hall–Kier alpha value is -1.29. The number of carbonyl (C=O) groups is 1. The minimum atomic E-state index is -0.0679. The molecule has 0 heterocycles. The van der Waals surface area contributed by atoms with Crippen LogP contribution in [0.15, 0.2) is 34.8 Å². The lowest BCUT2D eigenvalue weighted by Gasteiger charge is -2.12. The first kappa shape index (κ1) is 11.2. The zero-order chi connectivity index (χ0) is 11.5. The summed E-state index contributed by atoms with van der Waals surface area (Å²) in [6.45, 7) is 0. The van der Waals surface area contributed by atoms with E-state index in [0.717, 1.165) is 17.3 Å². The van der Waals surface area contributed by atoms with Crippen molar-refractivity contribution < 1.29 is 4.79 Å². The first-order valence-electron chi connectivity index (χ1n) is 5.17. The van der Waals surface area contributed by atoms with Crippen molar-refractivity contribution in [1.29, 1.82) is 0 Å². The Morgan fingerprint density at radius 2 is 2.00 bits per heavy atom. The third-order valence-electron chi connectivity index (χ3n) is 2.53. The molecule has 1 aliphatic rings. The number of nitrogen functional groups attached to an aromatic ring is 1. The molecule has 0 aliphatic heterocycles. The van der Waals surface area contributed by atoms with Gasteiger partial charge in [0.2, 0.25) is 0 Å². The number of nitrogens with one attached hydrogen (secondary N) is 1. The molecule has 2 rings (SSSR count). The Kier molecular flexibility index (Phi) is 3.29. The van der Waals surface area contributed by atoms with E-state index >= 15 is 0 Å². The normalized spacial score (nSPS) is 15.3. The van der Waals surface area contributed by atoms with E-state index in [1.165, 1.54) is 0 Å². The van der Waals surface area contributed by atoms with Gasteiger partial charge >= 0.3 is 0 Å². The number of hydrogen-bond acceptors (Lipinski definition) is 2. The molecule has 1 aliphatic carbocycles. The van der Waals surface area contributed by atoms with E-state index in [1.54, 1.807) is 18.2 Å². The van der Waals surface area contributed by atoms with Gasteiger partial charge in [-0.3, -0.25) is 4.79 Å². The summed E-state index contributed by atoms with van der Waals surface area (Å²) in [4.78, 5) is 11.9. The second kappa shape index (κ2) is 4.70. The summed E-state index contributed by atoms with van der Waals surface area (Å²) in [5, 5.41) is 2.97. The Bertz CT molecular complexity index is 414. The summed E-state index contributed by atoms with van der Waals surface area (Å²) in [5.74, 6) is -0.0679. The fourth-order valence-electron chi connectivity index (χ4n) is 1.75. The number of amides is 1. The molecule has 16 heavy (non-hydrogen) atoms. The molecule has 0 radical (unpaired) electrons. The van der Waals surface area contributed by atoms with Gasteiger partial charge in [0.15, 0.2) is 0 Å². The van der Waals surface area contributed by atoms with E-state index in [0.29, 0.717) is 11.3 Å². The van der Waals surface area contributed by atoms with Crippen molar-refractivity contribution in [3.8, 4) is 0 Å². The lowest BCUT2D eigenvalue weighted by atomic mass is 10.1. The fourth-order valence-corrected chi connectivity index (χ4v) is 2.26. The van der Waals surface area contributed by atoms with Crippen LogP contribution in [0.5, 0.6) is 0 Å². The van der Waals surface area contributed by atoms with Crippen LogP contribution < -0.4 is 11.1 Å². The van der Waals surface area contributed by atoms with Gasteiger partial charge in [-0.05, 0) is 31.0 Å². The zero-order valence-electron chi connectivity index (χ0n) is 8.74. The predicted octanol–water partition coefficient (Wildman–Crippen LogP) is 2.48. The van der Waals surface area contributed by atoms with E-state index in [-0.39, 0.29) is 11.9 Å². The van der Waals surface area contributed by atoms with Crippen LogP contribution in [0.3, 0.4) is 0 Å². The third-order valence-corrected chi connectivity index (χ3v) is 2.98. The van der Waals surface area contributed by atoms with Crippen LogP contribution in [-0.2, 0) is 0 Å². The summed E-state index contributed by atoms with van der Waals surface area (Å²) in [6.07, 6.45) is 5.99. The minimum Gasteiger partial charge on any atom is -0.399 e. The molecule has 0 atom stereocenters. The molecular weight excluding hydrogens is 268 g/mol. The third kappa shape index (κ3) is 2.64. The molecule has 4 heteroatoms. The van der Waals surface area contributed by atoms with Gasteiger partial charge in [0, 0.05) is 21.8 Å². The van der Waals surface area contributed by atoms with Crippen molar-refractivity contribution in [1.82, 2.24) is 5.32 Å². The van der Waals surface area contributed by atoms with Gasteiger partial charge in [0.1, 0.15) is 0 Å². The lowest BCUT2D eigenvalue weighted by Crippen LogP contribution is -2.32. The number of halogens is 1. The van der Waals surface area contributed by atoms with E-state index < -0.39 is 0 Å². The van der Waals surface area contributed by atoms with Gasteiger partial charge in [-0.1, -0.05) is 28.1 Å². The molecule has 0 spiro atoms. The summed E-state index contributed by atoms with van der Waals surface area (Å²) >= 11 is 3.32. The molecule has 3 nitrogen and oxygen atoms in total. The molecule has 84 valence electrons. The summed E-state index contributed by atoms with van der Waals surface area (Å²) in [7, 11) is 0. The molecule has 0 unspecified atom stereocenters. The maximum absolute atomic E-state index is 11.9. The smallest absolute Gasteiger partial charge is 0.251 e. The van der Waals surface area contributed by atoms with Crippen LogP contribution in [0.25, 0.3) is 0 Å². The molecule has 0 saturated carbocycles. The molecule has 3 N–H and O–H groups in total. The number of carbonyl (C=O) groups excluding carboxylic acids is 1. The summed E-state index contributed by atoms with van der Waals surface area (Å²) in [5.41, 5.74) is 6.87. The van der Waals surface area contributed by atoms with Crippen LogP contribution in [-0.4, -0.2) is 11.9 Å². The second-order valence-corrected chi connectivity index (χ2v) is 4.80. The highest BCUT2D eigenvalue weighted by molar-refractivity contribution is 9.10. The Labute approximate surface area is 103 Å². The number of nitrogens with two attached hydrogens (primary N) is 1. The van der Waals surface area contributed by atoms with Gasteiger partial charge < -0.3 is 11.1 Å². The molecule has 0 fully saturated rings. The molecule has 1 amide bonds. The minimum absolute atomic E-state index is 0.0679. The highest BCUT2D eigenvalue weighted by Gasteiger charge is 2.14. The predicted molar refractivity (Wildman–Crippen MR) is 68.2 cm³/mol. The van der Waals surface area contributed by atoms with Crippen molar-refractivity contribution >= 4 is 27.5 Å². The van der Waals surface area contributed by atoms with Crippen LogP contribution in [0.2, 0.25) is 0 Å². The highest BCUT2D eigenvalue weighted by Crippen LogP contribution is 2.18. The van der Waals surface area contributed by atoms with Crippen molar-refractivity contribution in [2.45, 2.75) is 18.9 Å². The maximum atomic E-state index is 11.9. The van der Waals surface area contributed by atoms with Gasteiger partial charge in [-0.25, -0.2) is 0 Å². The number of anilines is 1. The zero-order valence-corrected chi connectivity index (χ0v) is 10.3. The van der Waals surface area contributed by atoms with Gasteiger partial charge in [-0.2, -0.15) is 0 Å². The molecule has 0 aromatic heterocycles. The molecule has 0 saturated heterocycles. The largest absolute Gasteiger partial charge is 0.399 e. The molecule has 0 bridgehead atoms. The Morgan fingerprint density at radius 1 is 1.31 bits per heavy atom. The fraction of sp³-hybridized carbons (Fsp3) is 0.250. The maximum Gasteiger partial charge on any atom is 0.251 e. The first-order chi connectivity index (χ1) is 7.65. The van der Waals surface area contributed by atoms with E-state index in [2.05, 4.69) is 33.4 Å². The second-order valence-electron chi connectivity index (χ2n) is 3.89. The van der Waals surface area contributed by atoms with E-state index in [4.69, 9.17) is 5.73 Å². The number of benzene rings is 1. The van der Waals surface area contributed by atoms with Crippen molar-refractivity contribution in [2.24, 2.45) is 0 Å². The Balaban J connectivity index is 2.08. The number of rotatable bonds is 2. The topological polar surface area (TPSA) is 55.1 Å². The average molecular weight is 281 g/mol. The number of hydrogen-bond donors (Lipinski definition) is 2. The van der Waals surface area contributed by atoms with Gasteiger partial charge in [0.25, 0.3) is 5.91 Å². The van der Waals surface area contributed by atoms with Crippen LogP contribution in [0.4, 0.5) is 5.69 Å². The van der Waals surface area contributed by atoms with Crippen LogP contribution in [0.1, 0.15) is 23.2 Å². The van der Waals surface area contributed by atoms with E-state index in [1.807, 2.05) is 0 Å². The van der Waals surface area contributed by atoms with Crippen LogP contribution in [0, 0.1) is 0 Å².